The Morgan fingerprint density at radius 2 is 1.57 bits per heavy atom. The van der Waals surface area contributed by atoms with E-state index in [1.807, 2.05) is 46.8 Å². The first-order chi connectivity index (χ1) is 19.9. The smallest absolute Gasteiger partial charge is 0.408 e. The number of alkyl carbamates (subject to hydrolysis) is 1. The number of ether oxygens (including phenoxy) is 1. The molecule has 1 atom stereocenters. The number of benzene rings is 1. The second kappa shape index (κ2) is 24.2. The Morgan fingerprint density at radius 3 is 2.00 bits per heavy atom. The van der Waals surface area contributed by atoms with Crippen LogP contribution in [0.5, 0.6) is 0 Å². The Morgan fingerprint density at radius 1 is 1.05 bits per heavy atom. The molecule has 8 nitrogen and oxygen atoms in total. The Labute approximate surface area is 261 Å². The van der Waals surface area contributed by atoms with Gasteiger partial charge in [-0.05, 0) is 63.8 Å². The molecule has 0 radical (unpaired) electrons. The molecule has 0 bridgehead atoms. The van der Waals surface area contributed by atoms with E-state index in [1.165, 1.54) is 12.8 Å². The van der Waals surface area contributed by atoms with Crippen LogP contribution in [0.4, 0.5) is 4.79 Å². The number of rotatable bonds is 5. The van der Waals surface area contributed by atoms with Gasteiger partial charge in [0.1, 0.15) is 11.6 Å². The average Bonchev–Trinajstić information content (AvgIpc) is 2.96. The van der Waals surface area contributed by atoms with Crippen LogP contribution in [0.25, 0.3) is 0 Å². The van der Waals surface area contributed by atoms with Crippen molar-refractivity contribution >= 4 is 29.6 Å². The van der Waals surface area contributed by atoms with E-state index in [0.717, 1.165) is 49.9 Å². The number of nitrogens with zero attached hydrogens (tertiary/aromatic N) is 1. The maximum Gasteiger partial charge on any atom is 0.408 e. The largest absolute Gasteiger partial charge is 0.481 e. The highest BCUT2D eigenvalue weighted by atomic mass is 35.5. The lowest BCUT2D eigenvalue weighted by molar-refractivity contribution is -0.142. The second-order valence-corrected chi connectivity index (χ2v) is 11.4. The Balaban J connectivity index is 0. The Bertz CT molecular complexity index is 877. The SMILES string of the molecule is CC.CC.CCC.Cc1cc(Cl)ccc1CC(NC(=O)OC(C)(C)C)C(=O)N1CCNCC1.O=C(O)C1CCCCC1. The molecule has 1 aromatic rings. The third kappa shape index (κ3) is 19.0. The van der Waals surface area contributed by atoms with Crippen molar-refractivity contribution < 1.29 is 24.2 Å². The summed E-state index contributed by atoms with van der Waals surface area (Å²) in [5, 5.41) is 15.2. The van der Waals surface area contributed by atoms with Crippen molar-refractivity contribution in [3.8, 4) is 0 Å². The molecule has 1 heterocycles. The standard InChI is InChI=1S/C19H28ClN3O3.C7H12O2.C3H8.2C2H6/c1-13-11-15(20)6-5-14(13)12-16(22-18(25)26-19(2,3)4)17(24)23-9-7-21-8-10-23;8-7(9)6-4-2-1-3-5-6;1-3-2;2*1-2/h5-6,11,16,21H,7-10,12H2,1-4H3,(H,22,25);6H,1-5H2,(H,8,9);3H2,1-2H3;2*1-2H3. The van der Waals surface area contributed by atoms with Gasteiger partial charge < -0.3 is 25.4 Å². The van der Waals surface area contributed by atoms with E-state index >= 15 is 0 Å². The number of aryl methyl sites for hydroxylation is 1. The summed E-state index contributed by atoms with van der Waals surface area (Å²) >= 11 is 6.02. The quantitative estimate of drug-likeness (QED) is 0.315. The monoisotopic (exact) mass is 613 g/mol. The molecular formula is C33H60ClN3O5. The van der Waals surface area contributed by atoms with Crippen LogP contribution < -0.4 is 10.6 Å². The third-order valence-electron chi connectivity index (χ3n) is 6.10. The number of hydrogen-bond donors (Lipinski definition) is 3. The summed E-state index contributed by atoms with van der Waals surface area (Å²) in [5.74, 6) is -0.722. The van der Waals surface area contributed by atoms with Gasteiger partial charge in [-0.2, -0.15) is 0 Å². The summed E-state index contributed by atoms with van der Waals surface area (Å²) in [6.45, 7) is 22.3. The molecule has 0 aromatic heterocycles. The van der Waals surface area contributed by atoms with Gasteiger partial charge in [-0.3, -0.25) is 9.59 Å². The van der Waals surface area contributed by atoms with Crippen molar-refractivity contribution in [1.82, 2.24) is 15.5 Å². The molecule has 1 aliphatic heterocycles. The first kappa shape index (κ1) is 41.8. The molecule has 2 fully saturated rings. The lowest BCUT2D eigenvalue weighted by Gasteiger charge is -2.32. The molecule has 1 saturated carbocycles. The zero-order valence-corrected chi connectivity index (χ0v) is 28.8. The fourth-order valence-corrected chi connectivity index (χ4v) is 4.44. The molecule has 1 aromatic carbocycles. The molecular weight excluding hydrogens is 554 g/mol. The van der Waals surface area contributed by atoms with Crippen LogP contribution in [0.2, 0.25) is 5.02 Å². The molecule has 1 saturated heterocycles. The number of carbonyl (C=O) groups excluding carboxylic acids is 2. The van der Waals surface area contributed by atoms with Crippen LogP contribution in [-0.4, -0.2) is 65.8 Å². The third-order valence-corrected chi connectivity index (χ3v) is 6.34. The molecule has 0 spiro atoms. The van der Waals surface area contributed by atoms with E-state index in [2.05, 4.69) is 24.5 Å². The van der Waals surface area contributed by atoms with Crippen LogP contribution in [0, 0.1) is 12.8 Å². The predicted octanol–water partition coefficient (Wildman–Crippen LogP) is 7.64. The van der Waals surface area contributed by atoms with E-state index < -0.39 is 23.7 Å². The van der Waals surface area contributed by atoms with E-state index in [-0.39, 0.29) is 11.8 Å². The minimum Gasteiger partial charge on any atom is -0.481 e. The number of amides is 2. The highest BCUT2D eigenvalue weighted by Gasteiger charge is 2.29. The summed E-state index contributed by atoms with van der Waals surface area (Å²) in [7, 11) is 0. The Kier molecular flexibility index (Phi) is 24.0. The van der Waals surface area contributed by atoms with Crippen molar-refractivity contribution in [3.63, 3.8) is 0 Å². The van der Waals surface area contributed by atoms with Gasteiger partial charge >= 0.3 is 12.1 Å². The maximum absolute atomic E-state index is 13.0. The fraction of sp³-hybridized carbons (Fsp3) is 0.727. The minimum absolute atomic E-state index is 0.0289. The first-order valence-corrected chi connectivity index (χ1v) is 16.2. The fourth-order valence-electron chi connectivity index (χ4n) is 4.21. The van der Waals surface area contributed by atoms with Crippen molar-refractivity contribution in [1.29, 1.82) is 0 Å². The normalized spacial score (nSPS) is 15.4. The van der Waals surface area contributed by atoms with Gasteiger partial charge in [-0.15, -0.1) is 0 Å². The van der Waals surface area contributed by atoms with Gasteiger partial charge in [0.15, 0.2) is 0 Å². The zero-order chi connectivity index (χ0) is 32.7. The molecule has 2 amide bonds. The van der Waals surface area contributed by atoms with Crippen molar-refractivity contribution in [3.05, 3.63) is 34.3 Å². The number of hydrogen-bond acceptors (Lipinski definition) is 5. The average molecular weight is 614 g/mol. The number of halogens is 1. The van der Waals surface area contributed by atoms with Crippen molar-refractivity contribution in [2.45, 2.75) is 126 Å². The van der Waals surface area contributed by atoms with Gasteiger partial charge in [0, 0.05) is 37.6 Å². The summed E-state index contributed by atoms with van der Waals surface area (Å²) in [5.41, 5.74) is 1.34. The van der Waals surface area contributed by atoms with Crippen molar-refractivity contribution in [2.75, 3.05) is 26.2 Å². The highest BCUT2D eigenvalue weighted by Crippen LogP contribution is 2.23. The van der Waals surface area contributed by atoms with Crippen LogP contribution in [0.1, 0.15) is 112 Å². The second-order valence-electron chi connectivity index (χ2n) is 10.9. The van der Waals surface area contributed by atoms with Crippen molar-refractivity contribution in [2.24, 2.45) is 5.92 Å². The molecule has 244 valence electrons. The predicted molar refractivity (Wildman–Crippen MR) is 175 cm³/mol. The minimum atomic E-state index is -0.678. The molecule has 3 N–H and O–H groups in total. The van der Waals surface area contributed by atoms with Gasteiger partial charge in [0.05, 0.1) is 5.92 Å². The van der Waals surface area contributed by atoms with E-state index in [0.29, 0.717) is 24.5 Å². The molecule has 2 aliphatic rings. The number of aliphatic carboxylic acids is 1. The van der Waals surface area contributed by atoms with Gasteiger partial charge in [-0.1, -0.05) is 84.9 Å². The first-order valence-electron chi connectivity index (χ1n) is 15.8. The molecule has 9 heteroatoms. The molecule has 1 unspecified atom stereocenters. The summed E-state index contributed by atoms with van der Waals surface area (Å²) in [6, 6.07) is 4.87. The van der Waals surface area contributed by atoms with E-state index in [4.69, 9.17) is 21.4 Å². The summed E-state index contributed by atoms with van der Waals surface area (Å²) in [6.07, 6.45) is 6.30. The number of carbonyl (C=O) groups is 3. The number of carboxylic acids is 1. The number of nitrogens with one attached hydrogen (secondary N) is 2. The van der Waals surface area contributed by atoms with Crippen LogP contribution in [-0.2, 0) is 20.7 Å². The summed E-state index contributed by atoms with van der Waals surface area (Å²) in [4.78, 5) is 37.4. The lowest BCUT2D eigenvalue weighted by Crippen LogP contribution is -2.55. The molecule has 42 heavy (non-hydrogen) atoms. The van der Waals surface area contributed by atoms with Gasteiger partial charge in [0.2, 0.25) is 5.91 Å². The van der Waals surface area contributed by atoms with Crippen LogP contribution >= 0.6 is 11.6 Å². The number of piperazine rings is 1. The topological polar surface area (TPSA) is 108 Å². The van der Waals surface area contributed by atoms with Gasteiger partial charge in [-0.25, -0.2) is 4.79 Å². The highest BCUT2D eigenvalue weighted by molar-refractivity contribution is 6.30. The molecule has 3 rings (SSSR count). The number of carboxylic acid groups (broad SMARTS) is 1. The van der Waals surface area contributed by atoms with Crippen LogP contribution in [0.3, 0.4) is 0 Å². The molecule has 1 aliphatic carbocycles. The van der Waals surface area contributed by atoms with E-state index in [1.54, 1.807) is 31.7 Å². The van der Waals surface area contributed by atoms with E-state index in [9.17, 15) is 14.4 Å². The lowest BCUT2D eigenvalue weighted by atomic mass is 9.90. The van der Waals surface area contributed by atoms with Gasteiger partial charge in [0.25, 0.3) is 0 Å². The summed E-state index contributed by atoms with van der Waals surface area (Å²) < 4.78 is 5.34. The Hall–Kier alpha value is -2.32. The van der Waals surface area contributed by atoms with Crippen LogP contribution in [0.15, 0.2) is 18.2 Å². The maximum atomic E-state index is 13.0. The zero-order valence-electron chi connectivity index (χ0n) is 28.1.